The van der Waals surface area contributed by atoms with Gasteiger partial charge in [0.25, 0.3) is 0 Å². The van der Waals surface area contributed by atoms with Crippen LogP contribution in [-0.4, -0.2) is 23.2 Å². The zero-order valence-electron chi connectivity index (χ0n) is 17.1. The highest BCUT2D eigenvalue weighted by Crippen LogP contribution is 2.66. The van der Waals surface area contributed by atoms with Crippen LogP contribution < -0.4 is 5.32 Å². The SMILES string of the molecule is CC(=O)NC(C)C1CCC2C3CC=C4CC(O)CCC4(C)C3CCC12C. The minimum atomic E-state index is -0.117. The molecule has 146 valence electrons. The van der Waals surface area contributed by atoms with E-state index in [1.54, 1.807) is 12.5 Å². The van der Waals surface area contributed by atoms with Gasteiger partial charge in [0.15, 0.2) is 0 Å². The van der Waals surface area contributed by atoms with E-state index in [2.05, 4.69) is 32.2 Å². The van der Waals surface area contributed by atoms with Crippen molar-refractivity contribution in [3.05, 3.63) is 11.6 Å². The summed E-state index contributed by atoms with van der Waals surface area (Å²) in [4.78, 5) is 11.6. The molecule has 0 aromatic heterocycles. The van der Waals surface area contributed by atoms with E-state index in [0.717, 1.165) is 37.0 Å². The molecule has 0 radical (unpaired) electrons. The first-order chi connectivity index (χ1) is 12.3. The molecule has 3 fully saturated rings. The van der Waals surface area contributed by atoms with Gasteiger partial charge in [-0.2, -0.15) is 0 Å². The third-order valence-electron chi connectivity index (χ3n) is 9.19. The second-order valence-electron chi connectivity index (χ2n) is 10.4. The Bertz CT molecular complexity index is 613. The van der Waals surface area contributed by atoms with Crippen molar-refractivity contribution in [2.75, 3.05) is 0 Å². The number of allylic oxidation sites excluding steroid dienone is 1. The number of nitrogens with one attached hydrogen (secondary N) is 1. The largest absolute Gasteiger partial charge is 0.393 e. The molecule has 0 heterocycles. The fourth-order valence-corrected chi connectivity index (χ4v) is 7.92. The molecular formula is C23H37NO2. The van der Waals surface area contributed by atoms with Gasteiger partial charge in [-0.05, 0) is 92.8 Å². The fraction of sp³-hybridized carbons (Fsp3) is 0.870. The first kappa shape index (κ1) is 18.5. The van der Waals surface area contributed by atoms with Crippen LogP contribution in [0.25, 0.3) is 0 Å². The van der Waals surface area contributed by atoms with E-state index in [0.29, 0.717) is 16.7 Å². The van der Waals surface area contributed by atoms with E-state index in [1.807, 2.05) is 0 Å². The first-order valence-corrected chi connectivity index (χ1v) is 10.9. The monoisotopic (exact) mass is 359 g/mol. The fourth-order valence-electron chi connectivity index (χ4n) is 7.92. The molecule has 1 amide bonds. The van der Waals surface area contributed by atoms with Crippen molar-refractivity contribution in [3.8, 4) is 0 Å². The lowest BCUT2D eigenvalue weighted by molar-refractivity contribution is -0.120. The number of aliphatic hydroxyl groups is 1. The molecule has 0 aliphatic heterocycles. The van der Waals surface area contributed by atoms with Crippen LogP contribution in [0.2, 0.25) is 0 Å². The lowest BCUT2D eigenvalue weighted by Gasteiger charge is -2.58. The summed E-state index contributed by atoms with van der Waals surface area (Å²) < 4.78 is 0. The van der Waals surface area contributed by atoms with Crippen LogP contribution in [0.3, 0.4) is 0 Å². The summed E-state index contributed by atoms with van der Waals surface area (Å²) in [5, 5.41) is 13.3. The van der Waals surface area contributed by atoms with E-state index in [4.69, 9.17) is 0 Å². The summed E-state index contributed by atoms with van der Waals surface area (Å²) in [6, 6.07) is 0.286. The van der Waals surface area contributed by atoms with Gasteiger partial charge in [0, 0.05) is 13.0 Å². The molecule has 0 bridgehead atoms. The predicted octanol–water partition coefficient (Wildman–Crippen LogP) is 4.45. The van der Waals surface area contributed by atoms with Gasteiger partial charge in [-0.25, -0.2) is 0 Å². The quantitative estimate of drug-likeness (QED) is 0.716. The molecule has 3 heteroatoms. The van der Waals surface area contributed by atoms with E-state index >= 15 is 0 Å². The Morgan fingerprint density at radius 1 is 1.19 bits per heavy atom. The molecule has 4 aliphatic rings. The molecule has 2 N–H and O–H groups in total. The van der Waals surface area contributed by atoms with Gasteiger partial charge in [-0.3, -0.25) is 4.79 Å². The molecule has 8 atom stereocenters. The number of hydrogen-bond donors (Lipinski definition) is 2. The summed E-state index contributed by atoms with van der Waals surface area (Å²) in [5.41, 5.74) is 2.26. The second kappa shape index (κ2) is 6.36. The van der Waals surface area contributed by atoms with Gasteiger partial charge in [-0.1, -0.05) is 25.5 Å². The van der Waals surface area contributed by atoms with E-state index < -0.39 is 0 Å². The Balaban J connectivity index is 1.59. The lowest BCUT2D eigenvalue weighted by atomic mass is 9.47. The molecule has 0 spiro atoms. The Kier molecular flexibility index (Phi) is 4.53. The number of carbonyl (C=O) groups is 1. The smallest absolute Gasteiger partial charge is 0.217 e. The number of carbonyl (C=O) groups excluding carboxylic acids is 1. The lowest BCUT2D eigenvalue weighted by Crippen LogP contribution is -2.52. The normalized spacial score (nSPS) is 48.7. The van der Waals surface area contributed by atoms with Gasteiger partial charge in [0.05, 0.1) is 6.10 Å². The van der Waals surface area contributed by atoms with Gasteiger partial charge in [0.1, 0.15) is 0 Å². The van der Waals surface area contributed by atoms with Crippen LogP contribution in [0, 0.1) is 34.5 Å². The molecule has 0 aromatic carbocycles. The Hall–Kier alpha value is -0.830. The topological polar surface area (TPSA) is 49.3 Å². The van der Waals surface area contributed by atoms with Gasteiger partial charge in [-0.15, -0.1) is 0 Å². The van der Waals surface area contributed by atoms with Gasteiger partial charge < -0.3 is 10.4 Å². The maximum atomic E-state index is 11.6. The van der Waals surface area contributed by atoms with Crippen LogP contribution in [-0.2, 0) is 4.79 Å². The Morgan fingerprint density at radius 3 is 2.69 bits per heavy atom. The summed E-state index contributed by atoms with van der Waals surface area (Å²) in [7, 11) is 0. The van der Waals surface area contributed by atoms with Crippen LogP contribution in [0.15, 0.2) is 11.6 Å². The van der Waals surface area contributed by atoms with Crippen molar-refractivity contribution in [1.82, 2.24) is 5.32 Å². The van der Waals surface area contributed by atoms with Crippen LogP contribution in [0.4, 0.5) is 0 Å². The summed E-state index contributed by atoms with van der Waals surface area (Å²) in [5.74, 6) is 3.11. The van der Waals surface area contributed by atoms with E-state index in [-0.39, 0.29) is 18.1 Å². The molecule has 3 nitrogen and oxygen atoms in total. The van der Waals surface area contributed by atoms with Crippen LogP contribution >= 0.6 is 0 Å². The van der Waals surface area contributed by atoms with Crippen molar-refractivity contribution >= 4 is 5.91 Å². The van der Waals surface area contributed by atoms with E-state index in [9.17, 15) is 9.90 Å². The standard InChI is InChI=1S/C23H37NO2/c1-14(24-15(2)25)19-7-8-20-18-6-5-16-13-17(26)9-11-22(16,3)21(18)10-12-23(19,20)4/h5,14,17-21,26H,6-13H2,1-4H3,(H,24,25). The molecule has 4 rings (SSSR count). The second-order valence-corrected chi connectivity index (χ2v) is 10.4. The average Bonchev–Trinajstić information content (AvgIpc) is 2.92. The van der Waals surface area contributed by atoms with Crippen molar-refractivity contribution in [2.45, 2.75) is 91.2 Å². The van der Waals surface area contributed by atoms with Crippen molar-refractivity contribution in [2.24, 2.45) is 34.5 Å². The highest BCUT2D eigenvalue weighted by molar-refractivity contribution is 5.73. The Labute approximate surface area is 159 Å². The molecule has 26 heavy (non-hydrogen) atoms. The zero-order chi connectivity index (χ0) is 18.7. The highest BCUT2D eigenvalue weighted by atomic mass is 16.3. The predicted molar refractivity (Wildman–Crippen MR) is 104 cm³/mol. The number of amides is 1. The minimum Gasteiger partial charge on any atom is -0.393 e. The Morgan fingerprint density at radius 2 is 1.96 bits per heavy atom. The maximum Gasteiger partial charge on any atom is 0.217 e. The number of fused-ring (bicyclic) bond motifs is 5. The molecule has 0 saturated heterocycles. The van der Waals surface area contributed by atoms with Crippen molar-refractivity contribution in [1.29, 1.82) is 0 Å². The zero-order valence-corrected chi connectivity index (χ0v) is 17.1. The number of hydrogen-bond acceptors (Lipinski definition) is 2. The molecule has 8 unspecified atom stereocenters. The van der Waals surface area contributed by atoms with Crippen LogP contribution in [0.5, 0.6) is 0 Å². The molecule has 4 aliphatic carbocycles. The van der Waals surface area contributed by atoms with E-state index in [1.165, 1.54) is 32.1 Å². The molecular weight excluding hydrogens is 322 g/mol. The van der Waals surface area contributed by atoms with Crippen molar-refractivity contribution in [3.63, 3.8) is 0 Å². The number of aliphatic hydroxyl groups excluding tert-OH is 1. The third-order valence-corrected chi connectivity index (χ3v) is 9.19. The summed E-state index contributed by atoms with van der Waals surface area (Å²) >= 11 is 0. The third kappa shape index (κ3) is 2.68. The summed E-state index contributed by atoms with van der Waals surface area (Å²) in [6.07, 6.45) is 11.9. The summed E-state index contributed by atoms with van der Waals surface area (Å²) in [6.45, 7) is 8.88. The van der Waals surface area contributed by atoms with Gasteiger partial charge in [0.2, 0.25) is 5.91 Å². The number of rotatable bonds is 2. The molecule has 0 aromatic rings. The highest BCUT2D eigenvalue weighted by Gasteiger charge is 2.59. The minimum absolute atomic E-state index is 0.108. The first-order valence-electron chi connectivity index (χ1n) is 10.9. The van der Waals surface area contributed by atoms with Gasteiger partial charge >= 0.3 is 0 Å². The van der Waals surface area contributed by atoms with Crippen LogP contribution in [0.1, 0.15) is 79.1 Å². The average molecular weight is 360 g/mol. The molecule has 3 saturated carbocycles. The maximum absolute atomic E-state index is 11.6. The van der Waals surface area contributed by atoms with Crippen molar-refractivity contribution < 1.29 is 9.90 Å².